The molecule has 0 spiro atoms. The highest BCUT2D eigenvalue weighted by Crippen LogP contribution is 2.42. The zero-order valence-electron chi connectivity index (χ0n) is 30.1. The number of rotatable bonds is 18. The zero-order chi connectivity index (χ0) is 36.3. The number of carbonyl (C=O) groups excluding carboxylic acids is 6. The van der Waals surface area contributed by atoms with E-state index in [0.29, 0.717) is 25.9 Å². The molecule has 2 heterocycles. The summed E-state index contributed by atoms with van der Waals surface area (Å²) in [6, 6.07) is -2.82. The van der Waals surface area contributed by atoms with Gasteiger partial charge >= 0.3 is 0 Å². The first-order chi connectivity index (χ1) is 24.7. The summed E-state index contributed by atoms with van der Waals surface area (Å²) in [4.78, 5) is 90.2. The summed E-state index contributed by atoms with van der Waals surface area (Å²) < 4.78 is 0. The van der Waals surface area contributed by atoms with Crippen LogP contribution in [0.25, 0.3) is 0 Å². The number of fused-ring (bicyclic) bond motifs is 1. The zero-order valence-corrected chi connectivity index (χ0v) is 30.1. The second-order valence-electron chi connectivity index (χ2n) is 14.8. The van der Waals surface area contributed by atoms with E-state index in [4.69, 9.17) is 0 Å². The highest BCUT2D eigenvalue weighted by molar-refractivity contribution is 6.38. The third-order valence-electron chi connectivity index (χ3n) is 11.0. The number of hydrogen-bond donors (Lipinski definition) is 4. The van der Waals surface area contributed by atoms with Gasteiger partial charge in [-0.15, -0.1) is 0 Å². The molecule has 1 aromatic rings. The fourth-order valence-electron chi connectivity index (χ4n) is 8.19. The Kier molecular flexibility index (Phi) is 13.9. The molecule has 278 valence electrons. The predicted octanol–water partition coefficient (Wildman–Crippen LogP) is 2.80. The van der Waals surface area contributed by atoms with Crippen molar-refractivity contribution in [3.05, 3.63) is 36.4 Å². The third-order valence-corrected chi connectivity index (χ3v) is 11.0. The lowest BCUT2D eigenvalue weighted by Crippen LogP contribution is -2.58. The summed E-state index contributed by atoms with van der Waals surface area (Å²) in [6.07, 6.45) is 18.3. The smallest absolute Gasteiger partial charge is 0.289 e. The van der Waals surface area contributed by atoms with E-state index in [0.717, 1.165) is 64.2 Å². The molecular weight excluding hydrogens is 650 g/mol. The molecule has 0 aromatic carbocycles. The van der Waals surface area contributed by atoms with Gasteiger partial charge in [0.15, 0.2) is 5.78 Å². The van der Waals surface area contributed by atoms with Crippen molar-refractivity contribution < 1.29 is 28.8 Å². The molecule has 1 aromatic heterocycles. The minimum atomic E-state index is -0.972. The molecule has 3 saturated carbocycles. The van der Waals surface area contributed by atoms with Gasteiger partial charge in [0.25, 0.3) is 11.8 Å². The van der Waals surface area contributed by atoms with Gasteiger partial charge in [-0.2, -0.15) is 0 Å². The van der Waals surface area contributed by atoms with Crippen LogP contribution in [0.1, 0.15) is 114 Å². The number of likely N-dealkylation sites (tertiary alicyclic amines) is 1. The van der Waals surface area contributed by atoms with Gasteiger partial charge in [-0.25, -0.2) is 4.98 Å². The Morgan fingerprint density at radius 1 is 0.922 bits per heavy atom. The summed E-state index contributed by atoms with van der Waals surface area (Å²) >= 11 is 0. The van der Waals surface area contributed by atoms with E-state index in [9.17, 15) is 28.8 Å². The summed E-state index contributed by atoms with van der Waals surface area (Å²) in [5.74, 6) is -2.17. The highest BCUT2D eigenvalue weighted by atomic mass is 16.2. The number of hydrogen-bond acceptors (Lipinski definition) is 9. The van der Waals surface area contributed by atoms with E-state index >= 15 is 0 Å². The van der Waals surface area contributed by atoms with Crippen LogP contribution >= 0.6 is 0 Å². The average molecular weight is 706 g/mol. The Hall–Kier alpha value is -4.00. The Morgan fingerprint density at radius 3 is 2.39 bits per heavy atom. The number of allylic oxidation sites excluding steroid dienone is 2. The number of ketones is 2. The first-order valence-electron chi connectivity index (χ1n) is 19.1. The molecule has 1 unspecified atom stereocenters. The summed E-state index contributed by atoms with van der Waals surface area (Å²) in [5.41, 5.74) is 0.213. The molecule has 4 amide bonds. The van der Waals surface area contributed by atoms with Crippen LogP contribution in [0.3, 0.4) is 0 Å². The standard InChI is InChI=1S/C38H55N7O6/c1-3-9-27(46)17-18-30(41-22-31(24-11-6-5-7-12-24)44-35(48)32-21-39-19-20-40-32)38(51)45-23-25-13-8-14-28(25)33(45)36(49)43-29(10-4-2)34(47)37(50)42-26-15-16-26/h3,9,19-21,24-26,28-31,33,41H,4-8,10-18,22-23H2,1-2H3,(H,42,50)(H,43,49)(H,44,48)/b9-3+/t25-,28-,29-,30-,31+,33?/m0/s1. The lowest BCUT2D eigenvalue weighted by molar-refractivity contribution is -0.143. The molecule has 1 saturated heterocycles. The lowest BCUT2D eigenvalue weighted by atomic mass is 9.83. The van der Waals surface area contributed by atoms with Crippen molar-refractivity contribution in [1.29, 1.82) is 0 Å². The maximum atomic E-state index is 14.6. The first-order valence-corrected chi connectivity index (χ1v) is 19.1. The second kappa shape index (κ2) is 18.5. The van der Waals surface area contributed by atoms with Crippen molar-refractivity contribution in [3.8, 4) is 0 Å². The first kappa shape index (κ1) is 38.2. The normalized spacial score (nSPS) is 23.6. The highest BCUT2D eigenvalue weighted by Gasteiger charge is 2.51. The van der Waals surface area contributed by atoms with Crippen LogP contribution in [-0.2, 0) is 24.0 Å². The maximum Gasteiger partial charge on any atom is 0.289 e. The van der Waals surface area contributed by atoms with Crippen LogP contribution < -0.4 is 21.3 Å². The molecule has 4 N–H and O–H groups in total. The van der Waals surface area contributed by atoms with Gasteiger partial charge in [-0.3, -0.25) is 33.8 Å². The summed E-state index contributed by atoms with van der Waals surface area (Å²) in [5, 5.41) is 12.2. The molecule has 1 aliphatic heterocycles. The van der Waals surface area contributed by atoms with Crippen molar-refractivity contribution >= 4 is 35.2 Å². The van der Waals surface area contributed by atoms with Gasteiger partial charge in [0.05, 0.1) is 18.3 Å². The molecule has 51 heavy (non-hydrogen) atoms. The van der Waals surface area contributed by atoms with Crippen LogP contribution in [0.15, 0.2) is 30.7 Å². The van der Waals surface area contributed by atoms with Crippen LogP contribution in [-0.4, -0.2) is 93.4 Å². The SMILES string of the molecule is C/C=C/C(=O)CC[C@H](NC[C@@H](NC(=O)c1cnccn1)C1CCCCC1)C(=O)N1C[C@@H]2CCC[C@@H]2C1C(=O)N[C@@H](CCC)C(=O)C(=O)NC1CC1. The largest absolute Gasteiger partial charge is 0.347 e. The number of nitrogens with zero attached hydrogens (tertiary/aromatic N) is 3. The van der Waals surface area contributed by atoms with Crippen molar-refractivity contribution in [2.75, 3.05) is 13.1 Å². The van der Waals surface area contributed by atoms with Crippen molar-refractivity contribution in [2.45, 2.75) is 134 Å². The van der Waals surface area contributed by atoms with Gasteiger partial charge < -0.3 is 26.2 Å². The van der Waals surface area contributed by atoms with Gasteiger partial charge in [0.1, 0.15) is 11.7 Å². The van der Waals surface area contributed by atoms with Crippen LogP contribution in [0.2, 0.25) is 0 Å². The number of carbonyl (C=O) groups is 6. The Bertz CT molecular complexity index is 1430. The molecule has 5 rings (SSSR count). The minimum Gasteiger partial charge on any atom is -0.347 e. The molecule has 13 heteroatoms. The van der Waals surface area contributed by atoms with Gasteiger partial charge in [-0.1, -0.05) is 45.1 Å². The molecule has 4 fully saturated rings. The average Bonchev–Trinajstić information content (AvgIpc) is 3.71. The Labute approximate surface area is 300 Å². The van der Waals surface area contributed by atoms with Gasteiger partial charge in [-0.05, 0) is 82.1 Å². The molecule has 0 bridgehead atoms. The maximum absolute atomic E-state index is 14.6. The summed E-state index contributed by atoms with van der Waals surface area (Å²) in [7, 11) is 0. The molecule has 13 nitrogen and oxygen atoms in total. The van der Waals surface area contributed by atoms with Crippen LogP contribution in [0, 0.1) is 17.8 Å². The molecule has 3 aliphatic carbocycles. The Morgan fingerprint density at radius 2 is 1.71 bits per heavy atom. The van der Waals surface area contributed by atoms with E-state index in [-0.39, 0.29) is 66.0 Å². The van der Waals surface area contributed by atoms with Crippen LogP contribution in [0.4, 0.5) is 0 Å². The third kappa shape index (κ3) is 10.3. The van der Waals surface area contributed by atoms with E-state index in [2.05, 4.69) is 31.2 Å². The van der Waals surface area contributed by atoms with Crippen LogP contribution in [0.5, 0.6) is 0 Å². The van der Waals surface area contributed by atoms with Crippen molar-refractivity contribution in [3.63, 3.8) is 0 Å². The molecule has 0 radical (unpaired) electrons. The Balaban J connectivity index is 1.34. The van der Waals surface area contributed by atoms with E-state index in [1.54, 1.807) is 17.9 Å². The predicted molar refractivity (Wildman–Crippen MR) is 190 cm³/mol. The molecule has 4 aliphatic rings. The molecule has 6 atom stereocenters. The quantitative estimate of drug-likeness (QED) is 0.132. The number of aromatic nitrogens is 2. The topological polar surface area (TPSA) is 180 Å². The number of Topliss-reactive ketones (excluding diaryl/α,β-unsaturated/α-hetero) is 1. The number of amides is 4. The fourth-order valence-corrected chi connectivity index (χ4v) is 8.19. The molecular formula is C38H55N7O6. The van der Waals surface area contributed by atoms with Crippen molar-refractivity contribution in [2.24, 2.45) is 17.8 Å². The van der Waals surface area contributed by atoms with E-state index < -0.39 is 35.7 Å². The van der Waals surface area contributed by atoms with Crippen molar-refractivity contribution in [1.82, 2.24) is 36.1 Å². The minimum absolute atomic E-state index is 0.0174. The van der Waals surface area contributed by atoms with Gasteiger partial charge in [0, 0.05) is 44.0 Å². The van der Waals surface area contributed by atoms with E-state index in [1.807, 2.05) is 6.92 Å². The number of nitrogens with one attached hydrogen (secondary N) is 4. The summed E-state index contributed by atoms with van der Waals surface area (Å²) in [6.45, 7) is 4.37. The van der Waals surface area contributed by atoms with Gasteiger partial charge in [0.2, 0.25) is 17.6 Å². The monoisotopic (exact) mass is 705 g/mol. The van der Waals surface area contributed by atoms with E-state index in [1.165, 1.54) is 24.7 Å². The second-order valence-corrected chi connectivity index (χ2v) is 14.8. The fraction of sp³-hybridized carbons (Fsp3) is 0.684. The lowest BCUT2D eigenvalue weighted by Gasteiger charge is -2.34.